The standard InChI is InChI=1S/C18H24Cl2O4/c1-3-4-5-6-8-13(2)23-16(21)11-12-17(22)24-15-10-7-9-14(19)18(15)20/h7,9-10,13H,3-6,8,11-12H2,1-2H3. The van der Waals surface area contributed by atoms with Gasteiger partial charge in [0.15, 0.2) is 5.75 Å². The van der Waals surface area contributed by atoms with Crippen LogP contribution in [0, 0.1) is 0 Å². The third kappa shape index (κ3) is 8.02. The fourth-order valence-electron chi connectivity index (χ4n) is 2.14. The largest absolute Gasteiger partial charge is 0.463 e. The van der Waals surface area contributed by atoms with Crippen LogP contribution in [-0.4, -0.2) is 18.0 Å². The number of ether oxygens (including phenoxy) is 2. The van der Waals surface area contributed by atoms with Crippen molar-refractivity contribution in [3.63, 3.8) is 0 Å². The van der Waals surface area contributed by atoms with Gasteiger partial charge in [0.2, 0.25) is 0 Å². The predicted molar refractivity (Wildman–Crippen MR) is 95.6 cm³/mol. The van der Waals surface area contributed by atoms with Crippen molar-refractivity contribution in [2.24, 2.45) is 0 Å². The van der Waals surface area contributed by atoms with E-state index >= 15 is 0 Å². The molecule has 1 aromatic rings. The minimum atomic E-state index is -0.549. The van der Waals surface area contributed by atoms with Gasteiger partial charge in [0.1, 0.15) is 5.02 Å². The first-order valence-corrected chi connectivity index (χ1v) is 9.03. The number of hydrogen-bond acceptors (Lipinski definition) is 4. The molecule has 1 rings (SSSR count). The minimum absolute atomic E-state index is 0.0175. The molecule has 0 fully saturated rings. The van der Waals surface area contributed by atoms with Crippen molar-refractivity contribution in [3.05, 3.63) is 28.2 Å². The van der Waals surface area contributed by atoms with Crippen molar-refractivity contribution in [1.82, 2.24) is 0 Å². The summed E-state index contributed by atoms with van der Waals surface area (Å²) in [7, 11) is 0. The van der Waals surface area contributed by atoms with E-state index in [1.165, 1.54) is 12.8 Å². The van der Waals surface area contributed by atoms with E-state index in [2.05, 4.69) is 6.92 Å². The molecule has 24 heavy (non-hydrogen) atoms. The summed E-state index contributed by atoms with van der Waals surface area (Å²) in [5.74, 6) is -0.759. The van der Waals surface area contributed by atoms with E-state index in [1.54, 1.807) is 18.2 Å². The van der Waals surface area contributed by atoms with Crippen LogP contribution in [0.2, 0.25) is 10.0 Å². The van der Waals surface area contributed by atoms with Gasteiger partial charge in [-0.2, -0.15) is 0 Å². The van der Waals surface area contributed by atoms with Crippen molar-refractivity contribution >= 4 is 35.1 Å². The highest BCUT2D eigenvalue weighted by molar-refractivity contribution is 6.43. The van der Waals surface area contributed by atoms with Crippen LogP contribution in [0.3, 0.4) is 0 Å². The quantitative estimate of drug-likeness (QED) is 0.304. The first-order chi connectivity index (χ1) is 11.4. The van der Waals surface area contributed by atoms with Crippen LogP contribution in [0.5, 0.6) is 5.75 Å². The Labute approximate surface area is 153 Å². The van der Waals surface area contributed by atoms with Gasteiger partial charge in [0.05, 0.1) is 24.0 Å². The highest BCUT2D eigenvalue weighted by Gasteiger charge is 2.15. The van der Waals surface area contributed by atoms with E-state index in [9.17, 15) is 9.59 Å². The molecule has 0 aliphatic rings. The summed E-state index contributed by atoms with van der Waals surface area (Å²) in [5, 5.41) is 0.481. The predicted octanol–water partition coefficient (Wildman–Crippen LogP) is 5.58. The monoisotopic (exact) mass is 374 g/mol. The molecule has 0 N–H and O–H groups in total. The van der Waals surface area contributed by atoms with Crippen LogP contribution in [0.15, 0.2) is 18.2 Å². The van der Waals surface area contributed by atoms with Gasteiger partial charge in [-0.15, -0.1) is 0 Å². The highest BCUT2D eigenvalue weighted by atomic mass is 35.5. The van der Waals surface area contributed by atoms with Crippen molar-refractivity contribution < 1.29 is 19.1 Å². The van der Waals surface area contributed by atoms with Crippen molar-refractivity contribution in [1.29, 1.82) is 0 Å². The molecule has 0 heterocycles. The Kier molecular flexibility index (Phi) is 9.80. The van der Waals surface area contributed by atoms with E-state index in [0.717, 1.165) is 19.3 Å². The number of carbonyl (C=O) groups is 2. The lowest BCUT2D eigenvalue weighted by atomic mass is 10.1. The molecule has 0 radical (unpaired) electrons. The summed E-state index contributed by atoms with van der Waals surface area (Å²) in [4.78, 5) is 23.5. The summed E-state index contributed by atoms with van der Waals surface area (Å²) >= 11 is 11.8. The summed E-state index contributed by atoms with van der Waals surface area (Å²) < 4.78 is 10.4. The lowest BCUT2D eigenvalue weighted by molar-refractivity contribution is -0.151. The molecule has 134 valence electrons. The topological polar surface area (TPSA) is 52.6 Å². The van der Waals surface area contributed by atoms with Crippen LogP contribution in [-0.2, 0) is 14.3 Å². The summed E-state index contributed by atoms with van der Waals surface area (Å²) in [6, 6.07) is 4.77. The van der Waals surface area contributed by atoms with E-state index in [1.807, 2.05) is 6.92 Å². The molecule has 0 amide bonds. The first-order valence-electron chi connectivity index (χ1n) is 8.28. The van der Waals surface area contributed by atoms with Gasteiger partial charge in [-0.05, 0) is 31.9 Å². The molecule has 6 heteroatoms. The number of carbonyl (C=O) groups excluding carboxylic acids is 2. The molecule has 0 aliphatic heterocycles. The zero-order valence-corrected chi connectivity index (χ0v) is 15.7. The minimum Gasteiger partial charge on any atom is -0.463 e. The Bertz CT molecular complexity index is 546. The SMILES string of the molecule is CCCCCCC(C)OC(=O)CCC(=O)Oc1cccc(Cl)c1Cl. The lowest BCUT2D eigenvalue weighted by Gasteiger charge is -2.13. The normalized spacial score (nSPS) is 11.8. The number of halogens is 2. The Morgan fingerprint density at radius 1 is 1.08 bits per heavy atom. The average molecular weight is 375 g/mol. The number of unbranched alkanes of at least 4 members (excludes halogenated alkanes) is 3. The molecule has 1 atom stereocenters. The molecule has 0 spiro atoms. The van der Waals surface area contributed by atoms with Crippen molar-refractivity contribution in [3.8, 4) is 5.75 Å². The van der Waals surface area contributed by atoms with Gasteiger partial charge in [-0.3, -0.25) is 9.59 Å². The van der Waals surface area contributed by atoms with E-state index < -0.39 is 11.9 Å². The van der Waals surface area contributed by atoms with Gasteiger partial charge in [-0.1, -0.05) is 55.5 Å². The summed E-state index contributed by atoms with van der Waals surface area (Å²) in [6.45, 7) is 4.02. The van der Waals surface area contributed by atoms with E-state index in [-0.39, 0.29) is 29.7 Å². The maximum Gasteiger partial charge on any atom is 0.311 e. The highest BCUT2D eigenvalue weighted by Crippen LogP contribution is 2.31. The Balaban J connectivity index is 2.28. The Morgan fingerprint density at radius 3 is 2.50 bits per heavy atom. The average Bonchev–Trinajstić information content (AvgIpc) is 2.54. The zero-order valence-electron chi connectivity index (χ0n) is 14.1. The summed E-state index contributed by atoms with van der Waals surface area (Å²) in [6.07, 6.45) is 5.18. The smallest absolute Gasteiger partial charge is 0.311 e. The lowest BCUT2D eigenvalue weighted by Crippen LogP contribution is -2.17. The third-order valence-corrected chi connectivity index (χ3v) is 4.27. The van der Waals surface area contributed by atoms with Gasteiger partial charge >= 0.3 is 11.9 Å². The molecule has 0 aliphatic carbocycles. The molecule has 0 saturated heterocycles. The van der Waals surface area contributed by atoms with E-state index in [0.29, 0.717) is 5.02 Å². The van der Waals surface area contributed by atoms with Gasteiger partial charge in [0.25, 0.3) is 0 Å². The molecule has 4 nitrogen and oxygen atoms in total. The van der Waals surface area contributed by atoms with Crippen LogP contribution in [0.25, 0.3) is 0 Å². The van der Waals surface area contributed by atoms with E-state index in [4.69, 9.17) is 32.7 Å². The summed E-state index contributed by atoms with van der Waals surface area (Å²) in [5.41, 5.74) is 0. The molecule has 0 aromatic heterocycles. The van der Waals surface area contributed by atoms with Gasteiger partial charge in [-0.25, -0.2) is 0 Å². The molecule has 1 unspecified atom stereocenters. The van der Waals surface area contributed by atoms with Gasteiger partial charge < -0.3 is 9.47 Å². The third-order valence-electron chi connectivity index (χ3n) is 3.47. The van der Waals surface area contributed by atoms with Crippen LogP contribution in [0.4, 0.5) is 0 Å². The Morgan fingerprint density at radius 2 is 1.79 bits per heavy atom. The second-order valence-electron chi connectivity index (χ2n) is 5.68. The second-order valence-corrected chi connectivity index (χ2v) is 6.46. The fraction of sp³-hybridized carbons (Fsp3) is 0.556. The molecular formula is C18H24Cl2O4. The van der Waals surface area contributed by atoms with Crippen molar-refractivity contribution in [2.45, 2.75) is 64.9 Å². The fourth-order valence-corrected chi connectivity index (χ4v) is 2.47. The van der Waals surface area contributed by atoms with Crippen LogP contribution < -0.4 is 4.74 Å². The van der Waals surface area contributed by atoms with Crippen molar-refractivity contribution in [2.75, 3.05) is 0 Å². The first kappa shape index (κ1) is 20.8. The number of esters is 2. The molecule has 1 aromatic carbocycles. The number of hydrogen-bond donors (Lipinski definition) is 0. The zero-order chi connectivity index (χ0) is 17.9. The second kappa shape index (κ2) is 11.3. The van der Waals surface area contributed by atoms with Crippen LogP contribution >= 0.6 is 23.2 Å². The number of benzene rings is 1. The van der Waals surface area contributed by atoms with Crippen LogP contribution in [0.1, 0.15) is 58.8 Å². The Hall–Kier alpha value is -1.26. The maximum atomic E-state index is 11.8. The molecule has 0 saturated carbocycles. The molecule has 0 bridgehead atoms. The maximum absolute atomic E-state index is 11.8. The number of rotatable bonds is 10. The van der Waals surface area contributed by atoms with Gasteiger partial charge in [0, 0.05) is 0 Å². The molecular weight excluding hydrogens is 351 g/mol.